The number of hydrogen-bond acceptors (Lipinski definition) is 7. The Balaban J connectivity index is 0.00000136. The van der Waals surface area contributed by atoms with Gasteiger partial charge in [0.15, 0.2) is 11.5 Å². The van der Waals surface area contributed by atoms with Crippen LogP contribution in [-0.4, -0.2) is 24.1 Å². The number of allylic oxidation sites excluding steroid dienone is 1. The summed E-state index contributed by atoms with van der Waals surface area (Å²) in [4.78, 5) is 16.7. The van der Waals surface area contributed by atoms with Crippen molar-refractivity contribution in [3.63, 3.8) is 0 Å². The number of benzene rings is 1. The fourth-order valence-electron chi connectivity index (χ4n) is 2.63. The van der Waals surface area contributed by atoms with Crippen LogP contribution in [0.1, 0.15) is 26.3 Å². The fourth-order valence-corrected chi connectivity index (χ4v) is 2.97. The zero-order chi connectivity index (χ0) is 20.7. The largest absolute Gasteiger partial charge is 0.486 e. The summed E-state index contributed by atoms with van der Waals surface area (Å²) in [5, 5.41) is 8.16. The number of nitrogens with two attached hydrogens (primary N) is 2. The van der Waals surface area contributed by atoms with Crippen molar-refractivity contribution in [1.29, 1.82) is 0 Å². The van der Waals surface area contributed by atoms with E-state index in [1.807, 2.05) is 39.0 Å². The molecule has 2 heterocycles. The van der Waals surface area contributed by atoms with E-state index in [0.717, 1.165) is 40.1 Å². The highest BCUT2D eigenvalue weighted by Gasteiger charge is 2.16. The molecule has 28 heavy (non-hydrogen) atoms. The van der Waals surface area contributed by atoms with Crippen molar-refractivity contribution in [2.24, 2.45) is 10.9 Å². The Morgan fingerprint density at radius 3 is 2.36 bits per heavy atom. The monoisotopic (exact) mass is 402 g/mol. The van der Waals surface area contributed by atoms with E-state index in [2.05, 4.69) is 10.3 Å². The molecule has 0 bridgehead atoms. The Labute approximate surface area is 169 Å². The van der Waals surface area contributed by atoms with Gasteiger partial charge in [0, 0.05) is 17.5 Å². The van der Waals surface area contributed by atoms with Crippen LogP contribution in [0.15, 0.2) is 41.1 Å². The second kappa shape index (κ2) is 10.0. The summed E-state index contributed by atoms with van der Waals surface area (Å²) < 4.78 is 11.2. The van der Waals surface area contributed by atoms with Gasteiger partial charge >= 0.3 is 0 Å². The topological polar surface area (TPSA) is 112 Å². The maximum absolute atomic E-state index is 12.1. The van der Waals surface area contributed by atoms with E-state index in [1.54, 1.807) is 19.2 Å². The number of amides is 1. The molecule has 0 radical (unpaired) electrons. The minimum Gasteiger partial charge on any atom is -0.486 e. The third-order valence-corrected chi connectivity index (χ3v) is 4.63. The predicted octanol–water partition coefficient (Wildman–Crippen LogP) is 3.59. The molecule has 1 aliphatic heterocycles. The fraction of sp³-hybridized carbons (Fsp3) is 0.300. The summed E-state index contributed by atoms with van der Waals surface area (Å²) in [6.45, 7) is 8.72. The van der Waals surface area contributed by atoms with Crippen LogP contribution in [-0.2, 0) is 4.79 Å². The van der Waals surface area contributed by atoms with Crippen molar-refractivity contribution >= 4 is 23.7 Å². The smallest absolute Gasteiger partial charge is 0.266 e. The maximum Gasteiger partial charge on any atom is 0.266 e. The number of carbonyl (C=O) groups excluding carboxylic acids is 1. The molecule has 1 aromatic carbocycles. The third-order valence-electron chi connectivity index (χ3n) is 3.89. The summed E-state index contributed by atoms with van der Waals surface area (Å²) in [6, 6.07) is 7.52. The van der Waals surface area contributed by atoms with Gasteiger partial charge in [0.05, 0.1) is 0 Å². The lowest BCUT2D eigenvalue weighted by atomic mass is 10.0. The number of hydrogen-bond donors (Lipinski definition) is 3. The third kappa shape index (κ3) is 4.96. The average molecular weight is 403 g/mol. The molecule has 0 saturated carbocycles. The number of nitrogens with zero attached hydrogens (tertiary/aromatic N) is 1. The summed E-state index contributed by atoms with van der Waals surface area (Å²) >= 11 is 0.809. The number of nitrogens with one attached hydrogen (secondary N) is 1. The van der Waals surface area contributed by atoms with E-state index in [-0.39, 0.29) is 10.8 Å². The zero-order valence-electron chi connectivity index (χ0n) is 16.5. The number of rotatable bonds is 4. The molecule has 0 unspecified atom stereocenters. The molecular weight excluding hydrogens is 376 g/mol. The summed E-state index contributed by atoms with van der Waals surface area (Å²) in [7, 11) is 0. The molecular formula is C20H26N4O3S. The molecule has 7 nitrogen and oxygen atoms in total. The second-order valence-corrected chi connectivity index (χ2v) is 6.47. The first kappa shape index (κ1) is 21.6. The Morgan fingerprint density at radius 1 is 1.18 bits per heavy atom. The summed E-state index contributed by atoms with van der Waals surface area (Å²) in [5.74, 6) is 1.52. The van der Waals surface area contributed by atoms with Gasteiger partial charge in [-0.2, -0.15) is 0 Å². The van der Waals surface area contributed by atoms with Crippen LogP contribution in [0.2, 0.25) is 0 Å². The van der Waals surface area contributed by atoms with Crippen molar-refractivity contribution in [2.75, 3.05) is 18.5 Å². The summed E-state index contributed by atoms with van der Waals surface area (Å²) in [5.41, 5.74) is 8.97. The molecule has 5 N–H and O–H groups in total. The van der Waals surface area contributed by atoms with Crippen LogP contribution in [0.25, 0.3) is 11.1 Å². The Bertz CT molecular complexity index is 862. The Morgan fingerprint density at radius 2 is 1.82 bits per heavy atom. The van der Waals surface area contributed by atoms with Crippen LogP contribution in [0.3, 0.4) is 0 Å². The standard InChI is InChI=1S/C18H20N4O3S.C2H6/c1-10-7-14-15(25-6-5-24-14)8-13(10)12-3-4-16(21-9-12)22-18(23)17(26-20)11(2)19;1-2/h3-4,7-9H,5-6,19-20H2,1-2H3,(H,21,22,23);1-2H3/b17-11-;. The minimum absolute atomic E-state index is 0.263. The average Bonchev–Trinajstić information content (AvgIpc) is 2.70. The number of aryl methyl sites for hydroxylation is 1. The first-order chi connectivity index (χ1) is 13.5. The van der Waals surface area contributed by atoms with Crippen LogP contribution in [0.5, 0.6) is 11.5 Å². The van der Waals surface area contributed by atoms with E-state index in [0.29, 0.717) is 24.7 Å². The normalized spacial score (nSPS) is 13.0. The first-order valence-electron chi connectivity index (χ1n) is 9.00. The van der Waals surface area contributed by atoms with Crippen LogP contribution < -0.4 is 25.7 Å². The highest BCUT2D eigenvalue weighted by Crippen LogP contribution is 2.37. The van der Waals surface area contributed by atoms with Gasteiger partial charge < -0.3 is 20.5 Å². The molecule has 0 fully saturated rings. The van der Waals surface area contributed by atoms with Crippen molar-refractivity contribution in [3.8, 4) is 22.6 Å². The van der Waals surface area contributed by atoms with E-state index in [1.165, 1.54) is 0 Å². The number of pyridine rings is 1. The second-order valence-electron chi connectivity index (χ2n) is 5.83. The predicted molar refractivity (Wildman–Crippen MR) is 114 cm³/mol. The van der Waals surface area contributed by atoms with Gasteiger partial charge in [-0.25, -0.2) is 4.98 Å². The highest BCUT2D eigenvalue weighted by atomic mass is 32.2. The Kier molecular flexibility index (Phi) is 7.71. The molecule has 0 spiro atoms. The van der Waals surface area contributed by atoms with Gasteiger partial charge in [-0.1, -0.05) is 13.8 Å². The first-order valence-corrected chi connectivity index (χ1v) is 9.88. The molecule has 1 amide bonds. The van der Waals surface area contributed by atoms with E-state index >= 15 is 0 Å². The number of aromatic nitrogens is 1. The molecule has 3 rings (SSSR count). The van der Waals surface area contributed by atoms with Gasteiger partial charge in [0.1, 0.15) is 23.9 Å². The molecule has 150 valence electrons. The lowest BCUT2D eigenvalue weighted by Crippen LogP contribution is -2.17. The molecule has 1 aromatic heterocycles. The molecule has 0 saturated heterocycles. The van der Waals surface area contributed by atoms with Crippen molar-refractivity contribution in [1.82, 2.24) is 4.98 Å². The van der Waals surface area contributed by atoms with Crippen molar-refractivity contribution in [2.45, 2.75) is 27.7 Å². The van der Waals surface area contributed by atoms with Gasteiger partial charge in [-0.15, -0.1) is 0 Å². The van der Waals surface area contributed by atoms with Gasteiger partial charge in [0.25, 0.3) is 5.91 Å². The van der Waals surface area contributed by atoms with Gasteiger partial charge in [0.2, 0.25) is 0 Å². The number of anilines is 1. The molecule has 2 aromatic rings. The van der Waals surface area contributed by atoms with Gasteiger partial charge in [-0.3, -0.25) is 9.93 Å². The number of ether oxygens (including phenoxy) is 2. The van der Waals surface area contributed by atoms with E-state index in [4.69, 9.17) is 20.3 Å². The lowest BCUT2D eigenvalue weighted by Gasteiger charge is -2.20. The van der Waals surface area contributed by atoms with Crippen LogP contribution in [0, 0.1) is 6.92 Å². The van der Waals surface area contributed by atoms with Crippen LogP contribution >= 0.6 is 11.9 Å². The lowest BCUT2D eigenvalue weighted by molar-refractivity contribution is -0.112. The van der Waals surface area contributed by atoms with E-state index < -0.39 is 0 Å². The molecule has 1 aliphatic rings. The van der Waals surface area contributed by atoms with Crippen molar-refractivity contribution < 1.29 is 14.3 Å². The van der Waals surface area contributed by atoms with Crippen molar-refractivity contribution in [3.05, 3.63) is 46.6 Å². The summed E-state index contributed by atoms with van der Waals surface area (Å²) in [6.07, 6.45) is 1.70. The highest BCUT2D eigenvalue weighted by molar-refractivity contribution is 8.01. The number of carbonyl (C=O) groups is 1. The minimum atomic E-state index is -0.381. The van der Waals surface area contributed by atoms with Crippen LogP contribution in [0.4, 0.5) is 5.82 Å². The zero-order valence-corrected chi connectivity index (χ0v) is 17.4. The molecule has 0 atom stereocenters. The SMILES string of the molecule is C/C(N)=C(/SN)C(=O)Nc1ccc(-c2cc3c(cc2C)OCCO3)cn1.CC. The molecule has 8 heteroatoms. The maximum atomic E-state index is 12.1. The van der Waals surface area contributed by atoms with E-state index in [9.17, 15) is 4.79 Å². The Hall–Kier alpha value is -2.71. The van der Waals surface area contributed by atoms with Gasteiger partial charge in [-0.05, 0) is 61.2 Å². The quantitative estimate of drug-likeness (QED) is 0.529. The number of fused-ring (bicyclic) bond motifs is 1. The molecule has 0 aliphatic carbocycles.